The molecule has 3 nitrogen and oxygen atoms in total. The number of benzene rings is 1. The number of nitrogens with two attached hydrogens (primary N) is 1. The lowest BCUT2D eigenvalue weighted by Crippen LogP contribution is -2.23. The van der Waals surface area contributed by atoms with Crippen molar-refractivity contribution >= 4 is 0 Å². The molecule has 0 saturated heterocycles. The number of rotatable bonds is 8. The zero-order valence-electron chi connectivity index (χ0n) is 9.11. The molecule has 3 N–H and O–H groups in total. The lowest BCUT2D eigenvalue weighted by molar-refractivity contribution is 0.306. The molecule has 0 amide bonds. The zero-order valence-corrected chi connectivity index (χ0v) is 9.11. The molecule has 0 fully saturated rings. The van der Waals surface area contributed by atoms with Crippen molar-refractivity contribution in [3.8, 4) is 5.75 Å². The van der Waals surface area contributed by atoms with E-state index in [9.17, 15) is 0 Å². The Hall–Kier alpha value is -1.06. The highest BCUT2D eigenvalue weighted by atomic mass is 16.5. The average Bonchev–Trinajstić information content (AvgIpc) is 2.29. The highest BCUT2D eigenvalue weighted by Crippen LogP contribution is 2.08. The number of nitrogens with one attached hydrogen (secondary N) is 1. The van der Waals surface area contributed by atoms with E-state index in [2.05, 4.69) is 5.32 Å². The largest absolute Gasteiger partial charge is 0.494 e. The van der Waals surface area contributed by atoms with E-state index in [-0.39, 0.29) is 0 Å². The Bertz CT molecular complexity index is 239. The molecule has 0 atom stereocenters. The van der Waals surface area contributed by atoms with Gasteiger partial charge in [-0.1, -0.05) is 18.2 Å². The van der Waals surface area contributed by atoms with Crippen molar-refractivity contribution in [2.45, 2.75) is 12.8 Å². The molecular formula is C12H20N2O. The first-order chi connectivity index (χ1) is 7.43. The summed E-state index contributed by atoms with van der Waals surface area (Å²) in [6.45, 7) is 3.42. The van der Waals surface area contributed by atoms with Crippen LogP contribution < -0.4 is 15.8 Å². The van der Waals surface area contributed by atoms with Crippen molar-refractivity contribution in [3.63, 3.8) is 0 Å². The fraction of sp³-hybridized carbons (Fsp3) is 0.500. The minimum Gasteiger partial charge on any atom is -0.494 e. The molecule has 0 aliphatic carbocycles. The first kappa shape index (κ1) is 12.0. The van der Waals surface area contributed by atoms with E-state index in [4.69, 9.17) is 10.5 Å². The van der Waals surface area contributed by atoms with Crippen LogP contribution in [0, 0.1) is 0 Å². The summed E-state index contributed by atoms with van der Waals surface area (Å²) in [6, 6.07) is 9.92. The van der Waals surface area contributed by atoms with E-state index >= 15 is 0 Å². The smallest absolute Gasteiger partial charge is 0.119 e. The number of hydrogen-bond acceptors (Lipinski definition) is 3. The van der Waals surface area contributed by atoms with Crippen LogP contribution in [0.3, 0.4) is 0 Å². The van der Waals surface area contributed by atoms with Crippen LogP contribution in [0.2, 0.25) is 0 Å². The molecule has 0 heterocycles. The van der Waals surface area contributed by atoms with Gasteiger partial charge in [-0.2, -0.15) is 0 Å². The molecule has 0 unspecified atom stereocenters. The minimum atomic E-state index is 0.709. The van der Waals surface area contributed by atoms with Crippen LogP contribution in [0.1, 0.15) is 12.8 Å². The van der Waals surface area contributed by atoms with Gasteiger partial charge in [0.1, 0.15) is 5.75 Å². The molecule has 0 aromatic heterocycles. The maximum atomic E-state index is 5.56. The Morgan fingerprint density at radius 2 is 1.87 bits per heavy atom. The summed E-state index contributed by atoms with van der Waals surface area (Å²) in [5.41, 5.74) is 5.36. The second-order valence-electron chi connectivity index (χ2n) is 3.41. The SMILES string of the molecule is NCCNCCCCOc1ccccc1. The zero-order chi connectivity index (χ0) is 10.8. The normalized spacial score (nSPS) is 10.2. The van der Waals surface area contributed by atoms with Crippen molar-refractivity contribution in [2.75, 3.05) is 26.2 Å². The van der Waals surface area contributed by atoms with Crippen LogP contribution in [0.4, 0.5) is 0 Å². The monoisotopic (exact) mass is 208 g/mol. The first-order valence-corrected chi connectivity index (χ1v) is 5.52. The third-order valence-electron chi connectivity index (χ3n) is 2.08. The maximum absolute atomic E-state index is 5.56. The minimum absolute atomic E-state index is 0.709. The summed E-state index contributed by atoms with van der Waals surface area (Å²) < 4.78 is 5.56. The second-order valence-corrected chi connectivity index (χ2v) is 3.41. The predicted molar refractivity (Wildman–Crippen MR) is 63.1 cm³/mol. The molecule has 0 spiro atoms. The second kappa shape index (κ2) is 8.26. The van der Waals surface area contributed by atoms with Crippen molar-refractivity contribution in [3.05, 3.63) is 30.3 Å². The fourth-order valence-corrected chi connectivity index (χ4v) is 1.29. The van der Waals surface area contributed by atoms with Gasteiger partial charge in [0, 0.05) is 13.1 Å². The van der Waals surface area contributed by atoms with Gasteiger partial charge >= 0.3 is 0 Å². The van der Waals surface area contributed by atoms with Gasteiger partial charge in [-0.25, -0.2) is 0 Å². The standard InChI is InChI=1S/C12H20N2O/c13-8-10-14-9-4-5-11-15-12-6-2-1-3-7-12/h1-3,6-7,14H,4-5,8-11,13H2. The Balaban J connectivity index is 1.93. The topological polar surface area (TPSA) is 47.3 Å². The lowest BCUT2D eigenvalue weighted by atomic mass is 10.3. The van der Waals surface area contributed by atoms with Crippen molar-refractivity contribution < 1.29 is 4.74 Å². The number of hydrogen-bond donors (Lipinski definition) is 2. The Morgan fingerprint density at radius 3 is 2.60 bits per heavy atom. The number of para-hydroxylation sites is 1. The first-order valence-electron chi connectivity index (χ1n) is 5.52. The van der Waals surface area contributed by atoms with Gasteiger partial charge in [0.25, 0.3) is 0 Å². The van der Waals surface area contributed by atoms with Crippen molar-refractivity contribution in [1.29, 1.82) is 0 Å². The van der Waals surface area contributed by atoms with Crippen LogP contribution in [0.15, 0.2) is 30.3 Å². The Labute approximate surface area is 91.6 Å². The third kappa shape index (κ3) is 6.10. The van der Waals surface area contributed by atoms with Gasteiger partial charge in [0.15, 0.2) is 0 Å². The molecule has 1 aromatic carbocycles. The van der Waals surface area contributed by atoms with Crippen LogP contribution in [-0.4, -0.2) is 26.2 Å². The third-order valence-corrected chi connectivity index (χ3v) is 2.08. The highest BCUT2D eigenvalue weighted by Gasteiger charge is 1.91. The average molecular weight is 208 g/mol. The fourth-order valence-electron chi connectivity index (χ4n) is 1.29. The molecular weight excluding hydrogens is 188 g/mol. The molecule has 0 aliphatic rings. The van der Waals surface area contributed by atoms with Crippen LogP contribution >= 0.6 is 0 Å². The van der Waals surface area contributed by atoms with Crippen LogP contribution in [0.25, 0.3) is 0 Å². The van der Waals surface area contributed by atoms with E-state index in [1.807, 2.05) is 30.3 Å². The summed E-state index contributed by atoms with van der Waals surface area (Å²) in [5.74, 6) is 0.951. The molecule has 84 valence electrons. The molecule has 3 heteroatoms. The molecule has 0 saturated carbocycles. The van der Waals surface area contributed by atoms with Gasteiger partial charge in [-0.05, 0) is 31.5 Å². The summed E-state index contributed by atoms with van der Waals surface area (Å²) in [4.78, 5) is 0. The molecule has 0 aliphatic heterocycles. The highest BCUT2D eigenvalue weighted by molar-refractivity contribution is 5.20. The van der Waals surface area contributed by atoms with Crippen molar-refractivity contribution in [1.82, 2.24) is 5.32 Å². The molecule has 0 bridgehead atoms. The lowest BCUT2D eigenvalue weighted by Gasteiger charge is -2.06. The number of unbranched alkanes of at least 4 members (excludes halogenated alkanes) is 1. The van der Waals surface area contributed by atoms with Gasteiger partial charge in [-0.15, -0.1) is 0 Å². The van der Waals surface area contributed by atoms with Crippen LogP contribution in [0.5, 0.6) is 5.75 Å². The summed E-state index contributed by atoms with van der Waals surface area (Å²) in [5, 5.41) is 3.25. The van der Waals surface area contributed by atoms with E-state index in [1.165, 1.54) is 0 Å². The van der Waals surface area contributed by atoms with E-state index in [0.717, 1.165) is 38.3 Å². The van der Waals surface area contributed by atoms with E-state index in [0.29, 0.717) is 6.54 Å². The quantitative estimate of drug-likeness (QED) is 0.635. The van der Waals surface area contributed by atoms with Crippen molar-refractivity contribution in [2.24, 2.45) is 5.73 Å². The predicted octanol–water partition coefficient (Wildman–Crippen LogP) is 1.39. The molecule has 0 radical (unpaired) electrons. The van der Waals surface area contributed by atoms with E-state index < -0.39 is 0 Å². The van der Waals surface area contributed by atoms with Gasteiger partial charge in [0.05, 0.1) is 6.61 Å². The van der Waals surface area contributed by atoms with Gasteiger partial charge in [0.2, 0.25) is 0 Å². The van der Waals surface area contributed by atoms with Gasteiger partial charge < -0.3 is 15.8 Å². The van der Waals surface area contributed by atoms with Crippen LogP contribution in [-0.2, 0) is 0 Å². The van der Waals surface area contributed by atoms with Gasteiger partial charge in [-0.3, -0.25) is 0 Å². The Morgan fingerprint density at radius 1 is 1.07 bits per heavy atom. The molecule has 1 rings (SSSR count). The maximum Gasteiger partial charge on any atom is 0.119 e. The summed E-state index contributed by atoms with van der Waals surface area (Å²) in [7, 11) is 0. The van der Waals surface area contributed by atoms with E-state index in [1.54, 1.807) is 0 Å². The molecule has 15 heavy (non-hydrogen) atoms. The summed E-state index contributed by atoms with van der Waals surface area (Å²) in [6.07, 6.45) is 2.21. The summed E-state index contributed by atoms with van der Waals surface area (Å²) >= 11 is 0. The Kier molecular flexibility index (Phi) is 6.62. The molecule has 1 aromatic rings. The number of ether oxygens (including phenoxy) is 1.